The smallest absolute Gasteiger partial charge is 0.213 e. The van der Waals surface area contributed by atoms with E-state index in [-0.39, 0.29) is 17.7 Å². The largest absolute Gasteiger partial charge is 0.481 e. The van der Waals surface area contributed by atoms with E-state index >= 15 is 0 Å². The lowest BCUT2D eigenvalue weighted by Crippen LogP contribution is -2.44. The molecule has 0 saturated heterocycles. The van der Waals surface area contributed by atoms with Crippen molar-refractivity contribution in [3.8, 4) is 5.88 Å². The van der Waals surface area contributed by atoms with E-state index in [2.05, 4.69) is 15.2 Å². The highest BCUT2D eigenvalue weighted by Crippen LogP contribution is 2.26. The lowest BCUT2D eigenvalue weighted by molar-refractivity contribution is 0.170. The Hall–Kier alpha value is -2.83. The molecule has 1 unspecified atom stereocenters. The van der Waals surface area contributed by atoms with Crippen LogP contribution in [0.15, 0.2) is 60.8 Å². The summed E-state index contributed by atoms with van der Waals surface area (Å²) in [5.74, 6) is 0.189. The number of nitrogens with one attached hydrogen (secondary N) is 1. The summed E-state index contributed by atoms with van der Waals surface area (Å²) in [6, 6.07) is 15.9. The molecule has 162 valence electrons. The lowest BCUT2D eigenvalue weighted by Gasteiger charge is -2.37. The molecule has 0 aliphatic carbocycles. The van der Waals surface area contributed by atoms with E-state index < -0.39 is 0 Å². The number of hydrogen-bond donors (Lipinski definition) is 1. The molecule has 2 heterocycles. The predicted octanol–water partition coefficient (Wildman–Crippen LogP) is 4.13. The molecule has 1 N–H and O–H groups in total. The number of aromatic nitrogens is 1. The molecule has 1 aliphatic rings. The van der Waals surface area contributed by atoms with Crippen LogP contribution in [0.25, 0.3) is 0 Å². The Morgan fingerprint density at radius 3 is 2.61 bits per heavy atom. The number of benzene rings is 2. The summed E-state index contributed by atoms with van der Waals surface area (Å²) in [7, 11) is 1.61. The van der Waals surface area contributed by atoms with Crippen molar-refractivity contribution in [1.29, 1.82) is 0 Å². The van der Waals surface area contributed by atoms with Gasteiger partial charge in [-0.05, 0) is 65.4 Å². The van der Waals surface area contributed by atoms with Crippen molar-refractivity contribution >= 4 is 0 Å². The summed E-state index contributed by atoms with van der Waals surface area (Å²) in [5.41, 5.74) is 4.46. The summed E-state index contributed by atoms with van der Waals surface area (Å²) >= 11 is 0. The number of halogens is 2. The van der Waals surface area contributed by atoms with Crippen molar-refractivity contribution in [3.05, 3.63) is 94.7 Å². The van der Waals surface area contributed by atoms with Crippen molar-refractivity contribution in [2.45, 2.75) is 32.0 Å². The summed E-state index contributed by atoms with van der Waals surface area (Å²) in [6.45, 7) is 3.20. The van der Waals surface area contributed by atoms with Crippen molar-refractivity contribution < 1.29 is 13.5 Å². The van der Waals surface area contributed by atoms with Crippen molar-refractivity contribution in [1.82, 2.24) is 15.2 Å². The van der Waals surface area contributed by atoms with Crippen LogP contribution in [0.1, 0.15) is 22.3 Å². The number of pyridine rings is 1. The fourth-order valence-electron chi connectivity index (χ4n) is 4.15. The SMILES string of the molecule is COc1cc(CNCCN2Cc3ccc(F)cc3CC2Cc2ccc(F)cc2)ccn1. The van der Waals surface area contributed by atoms with Crippen molar-refractivity contribution in [2.24, 2.45) is 0 Å². The van der Waals surface area contributed by atoms with E-state index in [1.165, 1.54) is 23.8 Å². The second kappa shape index (κ2) is 9.98. The van der Waals surface area contributed by atoms with E-state index in [0.29, 0.717) is 5.88 Å². The van der Waals surface area contributed by atoms with E-state index in [9.17, 15) is 8.78 Å². The fourth-order valence-corrected chi connectivity index (χ4v) is 4.15. The molecule has 0 radical (unpaired) electrons. The third kappa shape index (κ3) is 5.66. The van der Waals surface area contributed by atoms with Crippen LogP contribution in [0.4, 0.5) is 8.78 Å². The number of ether oxygens (including phenoxy) is 1. The van der Waals surface area contributed by atoms with Crippen LogP contribution in [0.5, 0.6) is 5.88 Å². The van der Waals surface area contributed by atoms with Crippen LogP contribution in [0, 0.1) is 11.6 Å². The van der Waals surface area contributed by atoms with Crippen molar-refractivity contribution in [3.63, 3.8) is 0 Å². The van der Waals surface area contributed by atoms with Gasteiger partial charge in [-0.1, -0.05) is 18.2 Å². The average molecular weight is 424 g/mol. The number of methoxy groups -OCH3 is 1. The van der Waals surface area contributed by atoms with E-state index in [1.54, 1.807) is 19.4 Å². The Morgan fingerprint density at radius 2 is 1.81 bits per heavy atom. The van der Waals surface area contributed by atoms with Gasteiger partial charge in [0.1, 0.15) is 11.6 Å². The highest BCUT2D eigenvalue weighted by Gasteiger charge is 2.26. The first-order valence-corrected chi connectivity index (χ1v) is 10.6. The molecule has 1 aliphatic heterocycles. The second-order valence-corrected chi connectivity index (χ2v) is 7.96. The maximum atomic E-state index is 13.8. The van der Waals surface area contributed by atoms with Gasteiger partial charge in [-0.2, -0.15) is 0 Å². The van der Waals surface area contributed by atoms with Crippen LogP contribution in [0.3, 0.4) is 0 Å². The molecule has 4 rings (SSSR count). The zero-order valence-corrected chi connectivity index (χ0v) is 17.7. The molecule has 31 heavy (non-hydrogen) atoms. The summed E-state index contributed by atoms with van der Waals surface area (Å²) in [4.78, 5) is 6.57. The first-order chi connectivity index (χ1) is 15.1. The summed E-state index contributed by atoms with van der Waals surface area (Å²) < 4.78 is 32.3. The first-order valence-electron chi connectivity index (χ1n) is 10.6. The minimum atomic E-state index is -0.228. The standard InChI is InChI=1S/C25H27F2N3O/c1-31-25-13-19(8-9-29-25)16-28-10-11-30-17-20-4-7-23(27)14-21(20)15-24(30)12-18-2-5-22(26)6-3-18/h2-9,13-14,24,28H,10-12,15-17H2,1H3. The quantitative estimate of drug-likeness (QED) is 0.553. The van der Waals surface area contributed by atoms with E-state index in [4.69, 9.17) is 4.74 Å². The molecule has 0 saturated carbocycles. The van der Waals surface area contributed by atoms with Gasteiger partial charge >= 0.3 is 0 Å². The lowest BCUT2D eigenvalue weighted by atomic mass is 9.90. The van der Waals surface area contributed by atoms with Gasteiger partial charge in [-0.25, -0.2) is 13.8 Å². The Balaban J connectivity index is 1.41. The molecule has 3 aromatic rings. The van der Waals surface area contributed by atoms with Gasteiger partial charge in [0.2, 0.25) is 5.88 Å². The molecule has 4 nitrogen and oxygen atoms in total. The van der Waals surface area contributed by atoms with E-state index in [1.807, 2.05) is 30.3 Å². The Kier molecular flexibility index (Phi) is 6.89. The highest BCUT2D eigenvalue weighted by molar-refractivity contribution is 5.32. The monoisotopic (exact) mass is 423 g/mol. The first kappa shape index (κ1) is 21.4. The van der Waals surface area contributed by atoms with E-state index in [0.717, 1.165) is 55.7 Å². The maximum Gasteiger partial charge on any atom is 0.213 e. The molecule has 1 atom stereocenters. The van der Waals surface area contributed by atoms with Gasteiger partial charge in [0, 0.05) is 44.5 Å². The molecule has 6 heteroatoms. The van der Waals surface area contributed by atoms with Crippen LogP contribution in [-0.4, -0.2) is 36.1 Å². The summed E-state index contributed by atoms with van der Waals surface area (Å²) in [5, 5.41) is 3.49. The van der Waals surface area contributed by atoms with Gasteiger partial charge in [0.15, 0.2) is 0 Å². The minimum Gasteiger partial charge on any atom is -0.481 e. The van der Waals surface area contributed by atoms with Crippen molar-refractivity contribution in [2.75, 3.05) is 20.2 Å². The summed E-state index contributed by atoms with van der Waals surface area (Å²) in [6.07, 6.45) is 3.33. The van der Waals surface area contributed by atoms with Crippen LogP contribution < -0.4 is 10.1 Å². The Bertz CT molecular complexity index is 1010. The van der Waals surface area contributed by atoms with Gasteiger partial charge in [0.25, 0.3) is 0 Å². The number of nitrogens with zero attached hydrogens (tertiary/aromatic N) is 2. The van der Waals surface area contributed by atoms with Crippen LogP contribution in [-0.2, 0) is 25.9 Å². The van der Waals surface area contributed by atoms with Gasteiger partial charge in [-0.3, -0.25) is 4.90 Å². The zero-order chi connectivity index (χ0) is 21.6. The Morgan fingerprint density at radius 1 is 1.00 bits per heavy atom. The Labute approximate surface area is 181 Å². The molecule has 0 fully saturated rings. The molecule has 0 spiro atoms. The predicted molar refractivity (Wildman–Crippen MR) is 117 cm³/mol. The topological polar surface area (TPSA) is 37.4 Å². The third-order valence-corrected chi connectivity index (χ3v) is 5.81. The minimum absolute atomic E-state index is 0.192. The molecule has 1 aromatic heterocycles. The normalized spacial score (nSPS) is 16.2. The molecule has 2 aromatic carbocycles. The van der Waals surface area contributed by atoms with Gasteiger partial charge in [-0.15, -0.1) is 0 Å². The third-order valence-electron chi connectivity index (χ3n) is 5.81. The zero-order valence-electron chi connectivity index (χ0n) is 17.7. The highest BCUT2D eigenvalue weighted by atomic mass is 19.1. The maximum absolute atomic E-state index is 13.8. The number of hydrogen-bond acceptors (Lipinski definition) is 4. The van der Waals surface area contributed by atoms with Crippen LogP contribution >= 0.6 is 0 Å². The molecule has 0 bridgehead atoms. The fraction of sp³-hybridized carbons (Fsp3) is 0.320. The van der Waals surface area contributed by atoms with Gasteiger partial charge < -0.3 is 10.1 Å². The number of rotatable bonds is 8. The van der Waals surface area contributed by atoms with Crippen LogP contribution in [0.2, 0.25) is 0 Å². The average Bonchev–Trinajstić information content (AvgIpc) is 2.78. The molecule has 0 amide bonds. The van der Waals surface area contributed by atoms with Gasteiger partial charge in [0.05, 0.1) is 7.11 Å². The number of fused-ring (bicyclic) bond motifs is 1. The second-order valence-electron chi connectivity index (χ2n) is 7.96. The molecular formula is C25H27F2N3O. The molecular weight excluding hydrogens is 396 g/mol.